The summed E-state index contributed by atoms with van der Waals surface area (Å²) < 4.78 is 11.0. The van der Waals surface area contributed by atoms with Crippen LogP contribution >= 0.6 is 0 Å². The van der Waals surface area contributed by atoms with E-state index in [0.29, 0.717) is 19.8 Å². The average Bonchev–Trinajstić information content (AvgIpc) is 2.45. The Hall–Kier alpha value is -1.71. The molecule has 0 bridgehead atoms. The fraction of sp³-hybridized carbons (Fsp3) is 0.533. The summed E-state index contributed by atoms with van der Waals surface area (Å²) in [4.78, 5) is 13.8. The molecule has 1 atom stereocenters. The number of nitrogens with zero attached hydrogens (tertiary/aromatic N) is 1. The molecule has 0 fully saturated rings. The standard InChI is InChI=1S/C15H21NO3/c1-4-11(2)15(17)16(3)10-12-5-6-13-14(9-12)19-8-7-18-13/h5-6,9,11H,4,7-8,10H2,1-3H3. The second-order valence-corrected chi connectivity index (χ2v) is 4.98. The van der Waals surface area contributed by atoms with E-state index in [1.54, 1.807) is 4.90 Å². The van der Waals surface area contributed by atoms with Crippen LogP contribution in [0.1, 0.15) is 25.8 Å². The Morgan fingerprint density at radius 2 is 2.00 bits per heavy atom. The van der Waals surface area contributed by atoms with Crippen LogP contribution in [0.4, 0.5) is 0 Å². The van der Waals surface area contributed by atoms with Crippen molar-refractivity contribution >= 4 is 5.91 Å². The summed E-state index contributed by atoms with van der Waals surface area (Å²) >= 11 is 0. The van der Waals surface area contributed by atoms with Crippen LogP contribution in [0.2, 0.25) is 0 Å². The fourth-order valence-corrected chi connectivity index (χ4v) is 2.09. The predicted octanol–water partition coefficient (Wildman–Crippen LogP) is 2.46. The SMILES string of the molecule is CCC(C)C(=O)N(C)Cc1ccc2c(c1)OCCO2. The summed E-state index contributed by atoms with van der Waals surface area (Å²) in [7, 11) is 1.84. The highest BCUT2D eigenvalue weighted by molar-refractivity contribution is 5.78. The van der Waals surface area contributed by atoms with Gasteiger partial charge in [-0.05, 0) is 24.1 Å². The largest absolute Gasteiger partial charge is 0.486 e. The van der Waals surface area contributed by atoms with E-state index in [0.717, 1.165) is 23.5 Å². The highest BCUT2D eigenvalue weighted by atomic mass is 16.6. The second kappa shape index (κ2) is 5.95. The van der Waals surface area contributed by atoms with Gasteiger partial charge in [0, 0.05) is 19.5 Å². The number of hydrogen-bond donors (Lipinski definition) is 0. The first-order chi connectivity index (χ1) is 9.11. The third kappa shape index (κ3) is 3.19. The van der Waals surface area contributed by atoms with Gasteiger partial charge < -0.3 is 14.4 Å². The summed E-state index contributed by atoms with van der Waals surface area (Å²) in [6.45, 7) is 5.76. The van der Waals surface area contributed by atoms with Gasteiger partial charge in [0.1, 0.15) is 13.2 Å². The first kappa shape index (κ1) is 13.7. The van der Waals surface area contributed by atoms with Crippen LogP contribution in [0.15, 0.2) is 18.2 Å². The summed E-state index contributed by atoms with van der Waals surface area (Å²) in [6.07, 6.45) is 0.865. The lowest BCUT2D eigenvalue weighted by atomic mass is 10.1. The van der Waals surface area contributed by atoms with Crippen molar-refractivity contribution in [1.82, 2.24) is 4.90 Å². The molecule has 1 aromatic carbocycles. The smallest absolute Gasteiger partial charge is 0.225 e. The minimum atomic E-state index is 0.0715. The molecule has 0 aliphatic carbocycles. The van der Waals surface area contributed by atoms with Gasteiger partial charge in [-0.3, -0.25) is 4.79 Å². The lowest BCUT2D eigenvalue weighted by molar-refractivity contribution is -0.134. The molecule has 0 spiro atoms. The van der Waals surface area contributed by atoms with Crippen molar-refractivity contribution in [3.8, 4) is 11.5 Å². The zero-order valence-corrected chi connectivity index (χ0v) is 11.8. The average molecular weight is 263 g/mol. The molecular formula is C15H21NO3. The van der Waals surface area contributed by atoms with Gasteiger partial charge in [0.15, 0.2) is 11.5 Å². The molecule has 1 heterocycles. The Morgan fingerprint density at radius 1 is 1.32 bits per heavy atom. The highest BCUT2D eigenvalue weighted by Crippen LogP contribution is 2.31. The lowest BCUT2D eigenvalue weighted by Gasteiger charge is -2.22. The molecule has 0 saturated carbocycles. The first-order valence-electron chi connectivity index (χ1n) is 6.75. The molecule has 4 nitrogen and oxygen atoms in total. The molecule has 4 heteroatoms. The number of carbonyl (C=O) groups excluding carboxylic acids is 1. The zero-order valence-electron chi connectivity index (χ0n) is 11.8. The van der Waals surface area contributed by atoms with Crippen LogP contribution in [-0.4, -0.2) is 31.1 Å². The van der Waals surface area contributed by atoms with Crippen molar-refractivity contribution in [3.05, 3.63) is 23.8 Å². The van der Waals surface area contributed by atoms with E-state index < -0.39 is 0 Å². The van der Waals surface area contributed by atoms with E-state index in [2.05, 4.69) is 0 Å². The molecule has 1 aromatic rings. The number of benzene rings is 1. The van der Waals surface area contributed by atoms with E-state index in [4.69, 9.17) is 9.47 Å². The van der Waals surface area contributed by atoms with Crippen molar-refractivity contribution in [2.24, 2.45) is 5.92 Å². The van der Waals surface area contributed by atoms with Crippen molar-refractivity contribution < 1.29 is 14.3 Å². The molecule has 19 heavy (non-hydrogen) atoms. The van der Waals surface area contributed by atoms with Gasteiger partial charge in [0.25, 0.3) is 0 Å². The van der Waals surface area contributed by atoms with E-state index in [-0.39, 0.29) is 11.8 Å². The molecular weight excluding hydrogens is 242 g/mol. The third-order valence-corrected chi connectivity index (χ3v) is 3.44. The third-order valence-electron chi connectivity index (χ3n) is 3.44. The van der Waals surface area contributed by atoms with Gasteiger partial charge in [0.05, 0.1) is 0 Å². The van der Waals surface area contributed by atoms with Crippen LogP contribution < -0.4 is 9.47 Å². The van der Waals surface area contributed by atoms with Gasteiger partial charge in [0.2, 0.25) is 5.91 Å². The van der Waals surface area contributed by atoms with Crippen LogP contribution in [0.25, 0.3) is 0 Å². The number of amides is 1. The number of fused-ring (bicyclic) bond motifs is 1. The number of rotatable bonds is 4. The topological polar surface area (TPSA) is 38.8 Å². The Labute approximate surface area is 114 Å². The van der Waals surface area contributed by atoms with Crippen LogP contribution in [-0.2, 0) is 11.3 Å². The van der Waals surface area contributed by atoms with Crippen molar-refractivity contribution in [2.45, 2.75) is 26.8 Å². The summed E-state index contributed by atoms with van der Waals surface area (Å²) in [6, 6.07) is 5.84. The van der Waals surface area contributed by atoms with Crippen molar-refractivity contribution in [2.75, 3.05) is 20.3 Å². The maximum Gasteiger partial charge on any atom is 0.225 e. The predicted molar refractivity (Wildman–Crippen MR) is 73.4 cm³/mol. The maximum atomic E-state index is 12.0. The number of hydrogen-bond acceptors (Lipinski definition) is 3. The number of ether oxygens (including phenoxy) is 2. The molecule has 104 valence electrons. The van der Waals surface area contributed by atoms with Gasteiger partial charge in [-0.1, -0.05) is 19.9 Å². The van der Waals surface area contributed by atoms with Crippen LogP contribution in [0.5, 0.6) is 11.5 Å². The van der Waals surface area contributed by atoms with Crippen LogP contribution in [0, 0.1) is 5.92 Å². The van der Waals surface area contributed by atoms with Gasteiger partial charge >= 0.3 is 0 Å². The Bertz CT molecular complexity index is 459. The van der Waals surface area contributed by atoms with E-state index in [1.165, 1.54) is 0 Å². The van der Waals surface area contributed by atoms with E-state index in [9.17, 15) is 4.79 Å². The molecule has 1 amide bonds. The van der Waals surface area contributed by atoms with Crippen molar-refractivity contribution in [1.29, 1.82) is 0 Å². The minimum absolute atomic E-state index is 0.0715. The highest BCUT2D eigenvalue weighted by Gasteiger charge is 2.17. The molecule has 0 N–H and O–H groups in total. The molecule has 1 aliphatic heterocycles. The first-order valence-corrected chi connectivity index (χ1v) is 6.75. The minimum Gasteiger partial charge on any atom is -0.486 e. The van der Waals surface area contributed by atoms with Crippen molar-refractivity contribution in [3.63, 3.8) is 0 Å². The summed E-state index contributed by atoms with van der Waals surface area (Å²) in [5.41, 5.74) is 1.06. The summed E-state index contributed by atoms with van der Waals surface area (Å²) in [5, 5.41) is 0. The lowest BCUT2D eigenvalue weighted by Crippen LogP contribution is -2.31. The molecule has 0 aromatic heterocycles. The molecule has 1 aliphatic rings. The van der Waals surface area contributed by atoms with Crippen LogP contribution in [0.3, 0.4) is 0 Å². The van der Waals surface area contributed by atoms with E-state index in [1.807, 2.05) is 39.1 Å². The van der Waals surface area contributed by atoms with Gasteiger partial charge in [-0.25, -0.2) is 0 Å². The zero-order chi connectivity index (χ0) is 13.8. The quantitative estimate of drug-likeness (QED) is 0.837. The van der Waals surface area contributed by atoms with Gasteiger partial charge in [-0.2, -0.15) is 0 Å². The second-order valence-electron chi connectivity index (χ2n) is 4.98. The normalized spacial score (nSPS) is 14.9. The molecule has 0 radical (unpaired) electrons. The molecule has 2 rings (SSSR count). The maximum absolute atomic E-state index is 12.0. The molecule has 1 unspecified atom stereocenters. The van der Waals surface area contributed by atoms with E-state index >= 15 is 0 Å². The Kier molecular flexibility index (Phi) is 4.30. The number of carbonyl (C=O) groups is 1. The Balaban J connectivity index is 2.05. The van der Waals surface area contributed by atoms with Gasteiger partial charge in [-0.15, -0.1) is 0 Å². The Morgan fingerprint density at radius 3 is 2.68 bits per heavy atom. The fourth-order valence-electron chi connectivity index (χ4n) is 2.09. The summed E-state index contributed by atoms with van der Waals surface area (Å²) in [5.74, 6) is 1.80. The molecule has 0 saturated heterocycles. The monoisotopic (exact) mass is 263 g/mol.